The molecule has 94 valence electrons. The van der Waals surface area contributed by atoms with Crippen LogP contribution in [0.3, 0.4) is 0 Å². The summed E-state index contributed by atoms with van der Waals surface area (Å²) in [6, 6.07) is 3.09. The Morgan fingerprint density at radius 2 is 2.18 bits per heavy atom. The van der Waals surface area contributed by atoms with E-state index in [0.717, 1.165) is 0 Å². The van der Waals surface area contributed by atoms with Crippen LogP contribution >= 0.6 is 0 Å². The van der Waals surface area contributed by atoms with E-state index >= 15 is 0 Å². The van der Waals surface area contributed by atoms with Crippen LogP contribution in [0.15, 0.2) is 16.5 Å². The van der Waals surface area contributed by atoms with E-state index in [1.165, 1.54) is 4.90 Å². The Morgan fingerprint density at radius 1 is 1.47 bits per heavy atom. The number of carbonyl (C=O) groups is 1. The second kappa shape index (κ2) is 4.18. The predicted molar refractivity (Wildman–Crippen MR) is 62.6 cm³/mol. The molecule has 0 N–H and O–H groups in total. The Bertz CT molecular complexity index is 531. The van der Waals surface area contributed by atoms with Gasteiger partial charge in [-0.05, 0) is 25.5 Å². The van der Waals surface area contributed by atoms with Crippen molar-refractivity contribution in [1.82, 2.24) is 4.90 Å². The van der Waals surface area contributed by atoms with E-state index in [9.17, 15) is 13.2 Å². The van der Waals surface area contributed by atoms with E-state index in [0.29, 0.717) is 12.2 Å². The molecule has 1 atom stereocenters. The van der Waals surface area contributed by atoms with E-state index < -0.39 is 9.84 Å². The number of nitrogens with zero attached hydrogens (tertiary/aromatic N) is 1. The van der Waals surface area contributed by atoms with E-state index in [2.05, 4.69) is 0 Å². The van der Waals surface area contributed by atoms with Gasteiger partial charge < -0.3 is 9.32 Å². The number of sulfone groups is 1. The molecule has 1 aliphatic heterocycles. The highest BCUT2D eigenvalue weighted by Crippen LogP contribution is 2.19. The lowest BCUT2D eigenvalue weighted by Gasteiger charge is -2.22. The fourth-order valence-electron chi connectivity index (χ4n) is 1.97. The Balaban J connectivity index is 2.11. The third-order valence-corrected chi connectivity index (χ3v) is 4.78. The van der Waals surface area contributed by atoms with Gasteiger partial charge in [0.25, 0.3) is 5.91 Å². The van der Waals surface area contributed by atoms with Crippen molar-refractivity contribution in [2.24, 2.45) is 0 Å². The maximum Gasteiger partial charge on any atom is 0.289 e. The van der Waals surface area contributed by atoms with Crippen molar-refractivity contribution in [3.8, 4) is 0 Å². The van der Waals surface area contributed by atoms with Gasteiger partial charge in [-0.15, -0.1) is 0 Å². The highest BCUT2D eigenvalue weighted by atomic mass is 32.2. The fraction of sp³-hybridized carbons (Fsp3) is 0.545. The minimum absolute atomic E-state index is 0.0505. The van der Waals surface area contributed by atoms with Crippen LogP contribution in [-0.2, 0) is 9.84 Å². The lowest BCUT2D eigenvalue weighted by atomic mass is 10.2. The zero-order chi connectivity index (χ0) is 12.6. The summed E-state index contributed by atoms with van der Waals surface area (Å²) >= 11 is 0. The Labute approximate surface area is 100 Å². The molecule has 1 amide bonds. The second-order valence-corrected chi connectivity index (χ2v) is 6.61. The summed E-state index contributed by atoms with van der Waals surface area (Å²) in [4.78, 5) is 13.5. The van der Waals surface area contributed by atoms with Crippen LogP contribution < -0.4 is 0 Å². The van der Waals surface area contributed by atoms with Gasteiger partial charge in [0, 0.05) is 13.1 Å². The standard InChI is InChI=1S/C11H15NO4S/c1-8-3-4-10(16-8)11(13)12(2)9-5-6-17(14,15)7-9/h3-4,9H,5-7H2,1-2H3/t9-/m0/s1. The molecule has 17 heavy (non-hydrogen) atoms. The molecule has 2 rings (SSSR count). The average Bonchev–Trinajstić information content (AvgIpc) is 2.82. The first-order chi connectivity index (χ1) is 7.89. The lowest BCUT2D eigenvalue weighted by Crippen LogP contribution is -2.37. The topological polar surface area (TPSA) is 67.6 Å². The van der Waals surface area contributed by atoms with Gasteiger partial charge in [-0.3, -0.25) is 4.79 Å². The van der Waals surface area contributed by atoms with Crippen LogP contribution in [0.1, 0.15) is 22.7 Å². The van der Waals surface area contributed by atoms with Gasteiger partial charge in [-0.1, -0.05) is 0 Å². The van der Waals surface area contributed by atoms with Crippen molar-refractivity contribution < 1.29 is 17.6 Å². The van der Waals surface area contributed by atoms with Gasteiger partial charge >= 0.3 is 0 Å². The van der Waals surface area contributed by atoms with Crippen LogP contribution in [0.2, 0.25) is 0 Å². The Hall–Kier alpha value is -1.30. The van der Waals surface area contributed by atoms with Crippen LogP contribution in [0, 0.1) is 6.92 Å². The zero-order valence-corrected chi connectivity index (χ0v) is 10.7. The summed E-state index contributed by atoms with van der Waals surface area (Å²) in [7, 11) is -1.36. The van der Waals surface area contributed by atoms with Gasteiger partial charge in [0.15, 0.2) is 15.6 Å². The number of furan rings is 1. The van der Waals surface area contributed by atoms with Crippen molar-refractivity contribution >= 4 is 15.7 Å². The molecule has 0 aromatic carbocycles. The van der Waals surface area contributed by atoms with Crippen molar-refractivity contribution in [2.75, 3.05) is 18.6 Å². The van der Waals surface area contributed by atoms with Crippen LogP contribution in [0.5, 0.6) is 0 Å². The minimum atomic E-state index is -2.98. The largest absolute Gasteiger partial charge is 0.456 e. The van der Waals surface area contributed by atoms with Gasteiger partial charge in [0.1, 0.15) is 5.76 Å². The normalized spacial score (nSPS) is 22.6. The second-order valence-electron chi connectivity index (χ2n) is 4.38. The zero-order valence-electron chi connectivity index (χ0n) is 9.84. The summed E-state index contributed by atoms with van der Waals surface area (Å²) in [5.41, 5.74) is 0. The Morgan fingerprint density at radius 3 is 2.65 bits per heavy atom. The summed E-state index contributed by atoms with van der Waals surface area (Å²) in [6.07, 6.45) is 0.504. The van der Waals surface area contributed by atoms with Crippen molar-refractivity contribution in [3.63, 3.8) is 0 Å². The van der Waals surface area contributed by atoms with Crippen molar-refractivity contribution in [3.05, 3.63) is 23.7 Å². The van der Waals surface area contributed by atoms with Gasteiger partial charge in [-0.2, -0.15) is 0 Å². The first kappa shape index (κ1) is 12.2. The van der Waals surface area contributed by atoms with Gasteiger partial charge in [0.05, 0.1) is 11.5 Å². The third kappa shape index (κ3) is 2.52. The predicted octanol–water partition coefficient (Wildman–Crippen LogP) is 0.847. The molecule has 0 radical (unpaired) electrons. The summed E-state index contributed by atoms with van der Waals surface area (Å²) in [5, 5.41) is 0. The third-order valence-electron chi connectivity index (χ3n) is 3.03. The monoisotopic (exact) mass is 257 g/mol. The maximum atomic E-state index is 12.0. The number of carbonyl (C=O) groups excluding carboxylic acids is 1. The molecular formula is C11H15NO4S. The maximum absolute atomic E-state index is 12.0. The van der Waals surface area contributed by atoms with E-state index in [1.807, 2.05) is 0 Å². The van der Waals surface area contributed by atoms with Gasteiger partial charge in [0.2, 0.25) is 0 Å². The van der Waals surface area contributed by atoms with Crippen LogP contribution in [0.25, 0.3) is 0 Å². The first-order valence-electron chi connectivity index (χ1n) is 5.43. The van der Waals surface area contributed by atoms with E-state index in [4.69, 9.17) is 4.42 Å². The molecular weight excluding hydrogens is 242 g/mol. The number of amides is 1. The molecule has 0 saturated carbocycles. The fourth-order valence-corrected chi connectivity index (χ4v) is 3.74. The molecule has 6 heteroatoms. The first-order valence-corrected chi connectivity index (χ1v) is 7.25. The summed E-state index contributed by atoms with van der Waals surface area (Å²) < 4.78 is 27.9. The molecule has 1 aromatic heterocycles. The average molecular weight is 257 g/mol. The summed E-state index contributed by atoms with van der Waals surface area (Å²) in [6.45, 7) is 1.76. The highest BCUT2D eigenvalue weighted by molar-refractivity contribution is 7.91. The molecule has 0 unspecified atom stereocenters. The number of rotatable bonds is 2. The minimum Gasteiger partial charge on any atom is -0.456 e. The molecule has 5 nitrogen and oxygen atoms in total. The lowest BCUT2D eigenvalue weighted by molar-refractivity contribution is 0.0714. The Kier molecular flexibility index (Phi) is 2.99. The molecule has 1 saturated heterocycles. The number of aryl methyl sites for hydroxylation is 1. The molecule has 1 aliphatic rings. The smallest absolute Gasteiger partial charge is 0.289 e. The molecule has 0 spiro atoms. The summed E-state index contributed by atoms with van der Waals surface area (Å²) in [5.74, 6) is 0.872. The SMILES string of the molecule is Cc1ccc(C(=O)N(C)[C@H]2CCS(=O)(=O)C2)o1. The molecule has 1 aromatic rings. The van der Waals surface area contributed by atoms with E-state index in [-0.39, 0.29) is 29.2 Å². The highest BCUT2D eigenvalue weighted by Gasteiger charge is 2.33. The molecule has 0 aliphatic carbocycles. The van der Waals surface area contributed by atoms with Crippen LogP contribution in [0.4, 0.5) is 0 Å². The number of hydrogen-bond donors (Lipinski definition) is 0. The molecule has 0 bridgehead atoms. The van der Waals surface area contributed by atoms with Crippen molar-refractivity contribution in [2.45, 2.75) is 19.4 Å². The molecule has 1 fully saturated rings. The van der Waals surface area contributed by atoms with E-state index in [1.54, 1.807) is 26.1 Å². The number of hydrogen-bond acceptors (Lipinski definition) is 4. The quantitative estimate of drug-likeness (QED) is 0.787. The van der Waals surface area contributed by atoms with Crippen LogP contribution in [-0.4, -0.2) is 43.8 Å². The van der Waals surface area contributed by atoms with Crippen molar-refractivity contribution in [1.29, 1.82) is 0 Å². The van der Waals surface area contributed by atoms with Gasteiger partial charge in [-0.25, -0.2) is 8.42 Å². The molecule has 2 heterocycles.